The molecule has 2 aromatic rings. The quantitative estimate of drug-likeness (QED) is 0.771. The van der Waals surface area contributed by atoms with Gasteiger partial charge in [-0.25, -0.2) is 4.98 Å². The summed E-state index contributed by atoms with van der Waals surface area (Å²) in [6, 6.07) is 8.28. The first-order valence-electron chi connectivity index (χ1n) is 6.44. The minimum atomic E-state index is 0.131. The Bertz CT molecular complexity index is 601. The summed E-state index contributed by atoms with van der Waals surface area (Å²) in [4.78, 5) is 15.7. The van der Waals surface area contributed by atoms with Crippen molar-refractivity contribution in [2.75, 3.05) is 0 Å². The molecule has 0 aliphatic heterocycles. The highest BCUT2D eigenvalue weighted by molar-refractivity contribution is 5.84. The standard InChI is InChI=1S/C16H20N2O/c1-11-17-15(14(10-19)18(11)5)12-6-8-13(9-7-12)16(2,3)4/h6-10H,1-5H3. The lowest BCUT2D eigenvalue weighted by molar-refractivity contribution is 0.111. The second-order valence-electron chi connectivity index (χ2n) is 5.90. The first-order chi connectivity index (χ1) is 8.84. The van der Waals surface area contributed by atoms with Crippen molar-refractivity contribution in [1.29, 1.82) is 0 Å². The van der Waals surface area contributed by atoms with Crippen molar-refractivity contribution < 1.29 is 4.79 Å². The van der Waals surface area contributed by atoms with Crippen LogP contribution in [0.2, 0.25) is 0 Å². The van der Waals surface area contributed by atoms with Gasteiger partial charge in [0.05, 0.1) is 5.69 Å². The van der Waals surface area contributed by atoms with Crippen LogP contribution in [-0.4, -0.2) is 15.8 Å². The van der Waals surface area contributed by atoms with E-state index in [0.29, 0.717) is 5.69 Å². The molecule has 2 rings (SSSR count). The minimum Gasteiger partial charge on any atom is -0.329 e. The van der Waals surface area contributed by atoms with Crippen molar-refractivity contribution in [3.05, 3.63) is 41.3 Å². The predicted octanol–water partition coefficient (Wildman–Crippen LogP) is 3.51. The molecule has 0 aliphatic carbocycles. The van der Waals surface area contributed by atoms with E-state index in [9.17, 15) is 4.79 Å². The fraction of sp³-hybridized carbons (Fsp3) is 0.375. The van der Waals surface area contributed by atoms with Crippen LogP contribution in [0.15, 0.2) is 24.3 Å². The van der Waals surface area contributed by atoms with E-state index in [0.717, 1.165) is 23.4 Å². The Morgan fingerprint density at radius 2 is 1.74 bits per heavy atom. The van der Waals surface area contributed by atoms with Crippen LogP contribution in [-0.2, 0) is 12.5 Å². The monoisotopic (exact) mass is 256 g/mol. The largest absolute Gasteiger partial charge is 0.329 e. The van der Waals surface area contributed by atoms with Gasteiger partial charge < -0.3 is 4.57 Å². The molecule has 0 radical (unpaired) electrons. The molecule has 1 aromatic carbocycles. The first kappa shape index (κ1) is 13.5. The van der Waals surface area contributed by atoms with Gasteiger partial charge in [0.1, 0.15) is 11.5 Å². The first-order valence-corrected chi connectivity index (χ1v) is 6.44. The molecule has 0 N–H and O–H groups in total. The number of aryl methyl sites for hydroxylation is 1. The number of aromatic nitrogens is 2. The molecule has 0 bridgehead atoms. The Labute approximate surface area is 114 Å². The Kier molecular flexibility index (Phi) is 3.31. The molecule has 1 heterocycles. The molecule has 0 unspecified atom stereocenters. The van der Waals surface area contributed by atoms with Crippen LogP contribution >= 0.6 is 0 Å². The van der Waals surface area contributed by atoms with Crippen molar-refractivity contribution in [2.45, 2.75) is 33.1 Å². The van der Waals surface area contributed by atoms with E-state index in [1.165, 1.54) is 5.56 Å². The maximum Gasteiger partial charge on any atom is 0.168 e. The highest BCUT2D eigenvalue weighted by atomic mass is 16.1. The molecule has 0 saturated carbocycles. The molecule has 0 amide bonds. The van der Waals surface area contributed by atoms with Crippen LogP contribution in [0.3, 0.4) is 0 Å². The smallest absolute Gasteiger partial charge is 0.168 e. The van der Waals surface area contributed by atoms with Gasteiger partial charge in [-0.15, -0.1) is 0 Å². The molecule has 19 heavy (non-hydrogen) atoms. The lowest BCUT2D eigenvalue weighted by Crippen LogP contribution is -2.10. The number of nitrogens with zero attached hydrogens (tertiary/aromatic N) is 2. The maximum absolute atomic E-state index is 11.2. The number of carbonyl (C=O) groups is 1. The van der Waals surface area contributed by atoms with E-state index in [2.05, 4.69) is 37.9 Å². The van der Waals surface area contributed by atoms with Gasteiger partial charge in [0.25, 0.3) is 0 Å². The van der Waals surface area contributed by atoms with Crippen molar-refractivity contribution in [2.24, 2.45) is 7.05 Å². The Morgan fingerprint density at radius 1 is 1.16 bits per heavy atom. The van der Waals surface area contributed by atoms with E-state index in [4.69, 9.17) is 0 Å². The van der Waals surface area contributed by atoms with E-state index in [-0.39, 0.29) is 5.41 Å². The SMILES string of the molecule is Cc1nc(-c2ccc(C(C)(C)C)cc2)c(C=O)n1C. The van der Waals surface area contributed by atoms with Gasteiger partial charge in [0.2, 0.25) is 0 Å². The summed E-state index contributed by atoms with van der Waals surface area (Å²) in [7, 11) is 1.86. The summed E-state index contributed by atoms with van der Waals surface area (Å²) < 4.78 is 1.82. The Balaban J connectivity index is 2.49. The van der Waals surface area contributed by atoms with Crippen molar-refractivity contribution in [3.63, 3.8) is 0 Å². The van der Waals surface area contributed by atoms with Gasteiger partial charge in [-0.3, -0.25) is 4.79 Å². The van der Waals surface area contributed by atoms with E-state index in [1.54, 1.807) is 0 Å². The zero-order valence-electron chi connectivity index (χ0n) is 12.2. The average molecular weight is 256 g/mol. The third-order valence-corrected chi connectivity index (χ3v) is 3.50. The lowest BCUT2D eigenvalue weighted by atomic mass is 9.86. The number of aldehydes is 1. The summed E-state index contributed by atoms with van der Waals surface area (Å²) in [6.45, 7) is 8.46. The lowest BCUT2D eigenvalue weighted by Gasteiger charge is -2.19. The summed E-state index contributed by atoms with van der Waals surface area (Å²) in [5.74, 6) is 0.844. The number of carbonyl (C=O) groups excluding carboxylic acids is 1. The van der Waals surface area contributed by atoms with Crippen molar-refractivity contribution in [1.82, 2.24) is 9.55 Å². The molecule has 0 fully saturated rings. The predicted molar refractivity (Wildman–Crippen MR) is 77.5 cm³/mol. The summed E-state index contributed by atoms with van der Waals surface area (Å²) in [5.41, 5.74) is 3.78. The summed E-state index contributed by atoms with van der Waals surface area (Å²) >= 11 is 0. The van der Waals surface area contributed by atoms with Crippen LogP contribution in [0, 0.1) is 6.92 Å². The van der Waals surface area contributed by atoms with Crippen molar-refractivity contribution >= 4 is 6.29 Å². The molecule has 3 heteroatoms. The molecular formula is C16H20N2O. The van der Waals surface area contributed by atoms with E-state index < -0.39 is 0 Å². The van der Waals surface area contributed by atoms with Gasteiger partial charge >= 0.3 is 0 Å². The van der Waals surface area contributed by atoms with Gasteiger partial charge in [0.15, 0.2) is 6.29 Å². The highest BCUT2D eigenvalue weighted by Crippen LogP contribution is 2.27. The van der Waals surface area contributed by atoms with E-state index in [1.807, 2.05) is 30.7 Å². The summed E-state index contributed by atoms with van der Waals surface area (Å²) in [5, 5.41) is 0. The third-order valence-electron chi connectivity index (χ3n) is 3.50. The number of hydrogen-bond donors (Lipinski definition) is 0. The number of hydrogen-bond acceptors (Lipinski definition) is 2. The fourth-order valence-electron chi connectivity index (χ4n) is 2.10. The molecular weight excluding hydrogens is 236 g/mol. The molecule has 0 spiro atoms. The second kappa shape index (κ2) is 4.65. The second-order valence-corrected chi connectivity index (χ2v) is 5.90. The number of imidazole rings is 1. The third kappa shape index (κ3) is 2.46. The summed E-state index contributed by atoms with van der Waals surface area (Å²) in [6.07, 6.45) is 0.868. The van der Waals surface area contributed by atoms with Crippen LogP contribution in [0.4, 0.5) is 0 Å². The topological polar surface area (TPSA) is 34.9 Å². The molecule has 0 atom stereocenters. The average Bonchev–Trinajstić information content (AvgIpc) is 2.64. The zero-order valence-corrected chi connectivity index (χ0v) is 12.2. The van der Waals surface area contributed by atoms with Gasteiger partial charge in [-0.05, 0) is 17.9 Å². The van der Waals surface area contributed by atoms with Crippen LogP contribution in [0.25, 0.3) is 11.3 Å². The van der Waals surface area contributed by atoms with Gasteiger partial charge in [0, 0.05) is 12.6 Å². The van der Waals surface area contributed by atoms with Crippen molar-refractivity contribution in [3.8, 4) is 11.3 Å². The molecule has 0 saturated heterocycles. The zero-order chi connectivity index (χ0) is 14.2. The number of rotatable bonds is 2. The molecule has 100 valence electrons. The maximum atomic E-state index is 11.2. The van der Waals surface area contributed by atoms with Crippen LogP contribution in [0.1, 0.15) is 42.6 Å². The molecule has 0 aliphatic rings. The van der Waals surface area contributed by atoms with Crippen LogP contribution < -0.4 is 0 Å². The fourth-order valence-corrected chi connectivity index (χ4v) is 2.10. The molecule has 3 nitrogen and oxygen atoms in total. The highest BCUT2D eigenvalue weighted by Gasteiger charge is 2.16. The van der Waals surface area contributed by atoms with Gasteiger partial charge in [-0.1, -0.05) is 45.0 Å². The molecule has 1 aromatic heterocycles. The Morgan fingerprint density at radius 3 is 2.21 bits per heavy atom. The normalized spacial score (nSPS) is 11.6. The number of benzene rings is 1. The minimum absolute atomic E-state index is 0.131. The van der Waals surface area contributed by atoms with Crippen LogP contribution in [0.5, 0.6) is 0 Å². The Hall–Kier alpha value is -1.90. The van der Waals surface area contributed by atoms with Gasteiger partial charge in [-0.2, -0.15) is 0 Å². The van der Waals surface area contributed by atoms with E-state index >= 15 is 0 Å².